The van der Waals surface area contributed by atoms with Crippen LogP contribution in [0.2, 0.25) is 0 Å². The molecule has 1 fully saturated rings. The summed E-state index contributed by atoms with van der Waals surface area (Å²) in [5.41, 5.74) is 0.238. The second-order valence-electron chi connectivity index (χ2n) is 4.88. The third-order valence-electron chi connectivity index (χ3n) is 3.22. The first-order chi connectivity index (χ1) is 9.47. The van der Waals surface area contributed by atoms with Crippen LogP contribution in [0.3, 0.4) is 0 Å². The molecule has 0 aliphatic heterocycles. The van der Waals surface area contributed by atoms with Gasteiger partial charge in [0.25, 0.3) is 0 Å². The predicted molar refractivity (Wildman–Crippen MR) is 66.8 cm³/mol. The van der Waals surface area contributed by atoms with E-state index in [-0.39, 0.29) is 36.9 Å². The summed E-state index contributed by atoms with van der Waals surface area (Å²) < 4.78 is 26.4. The quantitative estimate of drug-likeness (QED) is 0.871. The predicted octanol–water partition coefficient (Wildman–Crippen LogP) is 2.32. The van der Waals surface area contributed by atoms with E-state index in [0.29, 0.717) is 0 Å². The largest absolute Gasteiger partial charge is 0.481 e. The molecule has 0 aromatic heterocycles. The SMILES string of the molecule is O=C(O)CCC(=O)N(Cc1ccc(F)cc1F)C1CC1. The minimum Gasteiger partial charge on any atom is -0.481 e. The van der Waals surface area contributed by atoms with Crippen LogP contribution in [0.15, 0.2) is 18.2 Å². The van der Waals surface area contributed by atoms with E-state index in [1.807, 2.05) is 0 Å². The van der Waals surface area contributed by atoms with Gasteiger partial charge in [-0.1, -0.05) is 6.07 Å². The Kier molecular flexibility index (Phi) is 4.32. The molecule has 0 spiro atoms. The lowest BCUT2D eigenvalue weighted by Gasteiger charge is -2.22. The zero-order valence-corrected chi connectivity index (χ0v) is 10.8. The molecule has 6 heteroatoms. The topological polar surface area (TPSA) is 57.6 Å². The number of aliphatic carboxylic acids is 1. The smallest absolute Gasteiger partial charge is 0.303 e. The molecule has 2 rings (SSSR count). The standard InChI is InChI=1S/C14H15F2NO3/c15-10-2-1-9(12(16)7-10)8-17(11-3-4-11)13(18)5-6-14(19)20/h1-2,7,11H,3-6,8H2,(H,19,20). The molecule has 0 unspecified atom stereocenters. The normalized spacial score (nSPS) is 14.1. The van der Waals surface area contributed by atoms with Gasteiger partial charge in [-0.2, -0.15) is 0 Å². The first kappa shape index (κ1) is 14.4. The van der Waals surface area contributed by atoms with Crippen molar-refractivity contribution >= 4 is 11.9 Å². The first-order valence-corrected chi connectivity index (χ1v) is 6.42. The van der Waals surface area contributed by atoms with Gasteiger partial charge in [-0.3, -0.25) is 9.59 Å². The Morgan fingerprint density at radius 2 is 1.95 bits per heavy atom. The van der Waals surface area contributed by atoms with Crippen LogP contribution in [0.1, 0.15) is 31.2 Å². The van der Waals surface area contributed by atoms with Gasteiger partial charge in [-0.15, -0.1) is 0 Å². The Bertz CT molecular complexity index is 529. The minimum absolute atomic E-state index is 0.0424. The van der Waals surface area contributed by atoms with Gasteiger partial charge in [0.15, 0.2) is 0 Å². The molecule has 0 atom stereocenters. The van der Waals surface area contributed by atoms with Gasteiger partial charge in [0.05, 0.1) is 6.42 Å². The lowest BCUT2D eigenvalue weighted by molar-refractivity contribution is -0.141. The van der Waals surface area contributed by atoms with Crippen LogP contribution in [-0.4, -0.2) is 27.9 Å². The Morgan fingerprint density at radius 3 is 2.50 bits per heavy atom. The highest BCUT2D eigenvalue weighted by atomic mass is 19.1. The molecule has 1 aliphatic carbocycles. The molecule has 108 valence electrons. The highest BCUT2D eigenvalue weighted by molar-refractivity contribution is 5.81. The van der Waals surface area contributed by atoms with Crippen LogP contribution in [-0.2, 0) is 16.1 Å². The number of amides is 1. The number of nitrogens with zero attached hydrogens (tertiary/aromatic N) is 1. The fraction of sp³-hybridized carbons (Fsp3) is 0.429. The van der Waals surface area contributed by atoms with Gasteiger partial charge in [-0.05, 0) is 18.9 Å². The molecule has 1 N–H and O–H groups in total. The number of carbonyl (C=O) groups is 2. The fourth-order valence-corrected chi connectivity index (χ4v) is 2.00. The number of hydrogen-bond donors (Lipinski definition) is 1. The molecule has 1 saturated carbocycles. The maximum Gasteiger partial charge on any atom is 0.303 e. The molecule has 0 bridgehead atoms. The van der Waals surface area contributed by atoms with Gasteiger partial charge in [-0.25, -0.2) is 8.78 Å². The maximum absolute atomic E-state index is 13.6. The van der Waals surface area contributed by atoms with E-state index in [1.54, 1.807) is 0 Å². The zero-order valence-electron chi connectivity index (χ0n) is 10.8. The second-order valence-corrected chi connectivity index (χ2v) is 4.88. The number of carbonyl (C=O) groups excluding carboxylic acids is 1. The van der Waals surface area contributed by atoms with E-state index in [9.17, 15) is 18.4 Å². The number of rotatable bonds is 6. The summed E-state index contributed by atoms with van der Waals surface area (Å²) in [5, 5.41) is 8.59. The molecular weight excluding hydrogens is 268 g/mol. The Hall–Kier alpha value is -1.98. The van der Waals surface area contributed by atoms with Gasteiger partial charge in [0, 0.05) is 30.6 Å². The van der Waals surface area contributed by atoms with E-state index in [0.717, 1.165) is 25.0 Å². The van der Waals surface area contributed by atoms with Crippen molar-refractivity contribution in [1.82, 2.24) is 4.90 Å². The van der Waals surface area contributed by atoms with Crippen LogP contribution >= 0.6 is 0 Å². The van der Waals surface area contributed by atoms with Crippen molar-refractivity contribution in [3.8, 4) is 0 Å². The van der Waals surface area contributed by atoms with Crippen molar-refractivity contribution in [3.63, 3.8) is 0 Å². The minimum atomic E-state index is -1.04. The molecule has 1 amide bonds. The van der Waals surface area contributed by atoms with Gasteiger partial charge in [0.2, 0.25) is 5.91 Å². The van der Waals surface area contributed by atoms with Crippen molar-refractivity contribution in [2.24, 2.45) is 0 Å². The van der Waals surface area contributed by atoms with E-state index in [2.05, 4.69) is 0 Å². The first-order valence-electron chi connectivity index (χ1n) is 6.42. The molecule has 1 aromatic carbocycles. The summed E-state index contributed by atoms with van der Waals surface area (Å²) in [7, 11) is 0. The van der Waals surface area contributed by atoms with E-state index in [4.69, 9.17) is 5.11 Å². The van der Waals surface area contributed by atoms with Crippen LogP contribution in [0.25, 0.3) is 0 Å². The van der Waals surface area contributed by atoms with Crippen LogP contribution < -0.4 is 0 Å². The van der Waals surface area contributed by atoms with E-state index in [1.165, 1.54) is 11.0 Å². The summed E-state index contributed by atoms with van der Waals surface area (Å²) in [6.07, 6.45) is 1.33. The van der Waals surface area contributed by atoms with Crippen molar-refractivity contribution < 1.29 is 23.5 Å². The Morgan fingerprint density at radius 1 is 1.25 bits per heavy atom. The Labute approximate surface area is 115 Å². The van der Waals surface area contributed by atoms with Crippen molar-refractivity contribution in [1.29, 1.82) is 0 Å². The zero-order chi connectivity index (χ0) is 14.7. The number of carboxylic acids is 1. The fourth-order valence-electron chi connectivity index (χ4n) is 2.00. The summed E-state index contributed by atoms with van der Waals surface area (Å²) in [4.78, 5) is 24.0. The lowest BCUT2D eigenvalue weighted by atomic mass is 10.1. The van der Waals surface area contributed by atoms with E-state index >= 15 is 0 Å². The molecule has 4 nitrogen and oxygen atoms in total. The Balaban J connectivity index is 2.05. The summed E-state index contributed by atoms with van der Waals surface area (Å²) >= 11 is 0. The summed E-state index contributed by atoms with van der Waals surface area (Å²) in [6.45, 7) is 0.0508. The average Bonchev–Trinajstić information content (AvgIpc) is 3.19. The molecule has 0 saturated heterocycles. The van der Waals surface area contributed by atoms with Crippen molar-refractivity contribution in [3.05, 3.63) is 35.4 Å². The van der Waals surface area contributed by atoms with Crippen molar-refractivity contribution in [2.45, 2.75) is 38.3 Å². The highest BCUT2D eigenvalue weighted by Gasteiger charge is 2.32. The maximum atomic E-state index is 13.6. The molecule has 20 heavy (non-hydrogen) atoms. The van der Waals surface area contributed by atoms with Crippen molar-refractivity contribution in [2.75, 3.05) is 0 Å². The second kappa shape index (κ2) is 5.98. The molecule has 1 aromatic rings. The van der Waals surface area contributed by atoms with Gasteiger partial charge < -0.3 is 10.0 Å². The van der Waals surface area contributed by atoms with Gasteiger partial charge in [0.1, 0.15) is 11.6 Å². The third-order valence-corrected chi connectivity index (χ3v) is 3.22. The van der Waals surface area contributed by atoms with E-state index < -0.39 is 17.6 Å². The van der Waals surface area contributed by atoms with Crippen LogP contribution in [0, 0.1) is 11.6 Å². The molecule has 0 heterocycles. The lowest BCUT2D eigenvalue weighted by Crippen LogP contribution is -2.33. The van der Waals surface area contributed by atoms with Crippen LogP contribution in [0.4, 0.5) is 8.78 Å². The third kappa shape index (κ3) is 3.76. The number of hydrogen-bond acceptors (Lipinski definition) is 2. The number of benzene rings is 1. The molecule has 0 radical (unpaired) electrons. The summed E-state index contributed by atoms with van der Waals surface area (Å²) in [5.74, 6) is -2.70. The monoisotopic (exact) mass is 283 g/mol. The number of carboxylic acid groups (broad SMARTS) is 1. The number of halogens is 2. The average molecular weight is 283 g/mol. The molecule has 1 aliphatic rings. The molecular formula is C14H15F2NO3. The summed E-state index contributed by atoms with van der Waals surface area (Å²) in [6, 6.07) is 3.28. The van der Waals surface area contributed by atoms with Gasteiger partial charge >= 0.3 is 5.97 Å². The van der Waals surface area contributed by atoms with Crippen LogP contribution in [0.5, 0.6) is 0 Å². The highest BCUT2D eigenvalue weighted by Crippen LogP contribution is 2.29.